The van der Waals surface area contributed by atoms with Gasteiger partial charge in [-0.1, -0.05) is 218 Å². The maximum Gasteiger partial charge on any atom is 0.164 e. The Hall–Kier alpha value is -9.91. The number of benzene rings is 13. The van der Waals surface area contributed by atoms with Crippen molar-refractivity contribution in [1.29, 1.82) is 0 Å². The summed E-state index contributed by atoms with van der Waals surface area (Å²) >= 11 is 3.74. The van der Waals surface area contributed by atoms with E-state index in [2.05, 4.69) is 237 Å². The largest absolute Gasteiger partial charge is 0.208 e. The van der Waals surface area contributed by atoms with Crippen LogP contribution >= 0.6 is 22.7 Å². The van der Waals surface area contributed by atoms with Gasteiger partial charge in [-0.3, -0.25) is 0 Å². The fourth-order valence-electron chi connectivity index (χ4n) is 12.0. The summed E-state index contributed by atoms with van der Waals surface area (Å²) in [7, 11) is 0. The molecule has 0 N–H and O–H groups in total. The van der Waals surface area contributed by atoms with Gasteiger partial charge in [-0.05, 0) is 137 Å². The summed E-state index contributed by atoms with van der Waals surface area (Å²) in [5.74, 6) is 1.87. The van der Waals surface area contributed by atoms with Crippen molar-refractivity contribution in [3.8, 4) is 89.8 Å². The van der Waals surface area contributed by atoms with Crippen LogP contribution in [-0.2, 0) is 0 Å². The van der Waals surface area contributed by atoms with E-state index in [9.17, 15) is 0 Å². The zero-order chi connectivity index (χ0) is 52.7. The van der Waals surface area contributed by atoms with E-state index in [1.165, 1.54) is 94.9 Å². The summed E-state index contributed by atoms with van der Waals surface area (Å²) in [5, 5.41) is 12.6. The van der Waals surface area contributed by atoms with Crippen molar-refractivity contribution in [1.82, 2.24) is 15.0 Å². The smallest absolute Gasteiger partial charge is 0.164 e. The first-order valence-electron chi connectivity index (χ1n) is 27.1. The SMILES string of the molecule is c1ccc(-c2ccc(-c3cc(-c4nc(-c5ccccc5)nc(-c5ccccc5)n4)cc(-c4cc(-c5ccc6c(c5)c5ccccc5c5ccc(-c7cccc8c7sc7ccccc78)cc56)cc5c4sc4ccccc45)c3)cc2)cc1. The van der Waals surface area contributed by atoms with Crippen LogP contribution in [0.2, 0.25) is 0 Å². The van der Waals surface area contributed by atoms with Gasteiger partial charge in [0.15, 0.2) is 17.5 Å². The highest BCUT2D eigenvalue weighted by atomic mass is 32.1. The Labute approximate surface area is 470 Å². The monoisotopic (exact) mass is 1050 g/mol. The van der Waals surface area contributed by atoms with Crippen LogP contribution < -0.4 is 0 Å². The lowest BCUT2D eigenvalue weighted by atomic mass is 9.89. The molecule has 0 spiro atoms. The molecule has 372 valence electrons. The van der Waals surface area contributed by atoms with Crippen LogP contribution in [0.3, 0.4) is 0 Å². The van der Waals surface area contributed by atoms with Gasteiger partial charge >= 0.3 is 0 Å². The second-order valence-corrected chi connectivity index (χ2v) is 22.7. The van der Waals surface area contributed by atoms with Crippen molar-refractivity contribution in [3.05, 3.63) is 273 Å². The van der Waals surface area contributed by atoms with Crippen molar-refractivity contribution >= 4 is 95.3 Å². The summed E-state index contributed by atoms with van der Waals surface area (Å²) < 4.78 is 5.13. The molecular weight excluding hydrogens is 1010 g/mol. The van der Waals surface area contributed by atoms with E-state index >= 15 is 0 Å². The number of rotatable bonds is 8. The van der Waals surface area contributed by atoms with Crippen molar-refractivity contribution in [3.63, 3.8) is 0 Å². The van der Waals surface area contributed by atoms with Crippen LogP contribution in [-0.4, -0.2) is 15.0 Å². The molecule has 0 amide bonds. The van der Waals surface area contributed by atoms with E-state index < -0.39 is 0 Å². The molecule has 0 aliphatic rings. The van der Waals surface area contributed by atoms with Gasteiger partial charge in [-0.25, -0.2) is 15.0 Å². The normalized spacial score (nSPS) is 11.8. The fraction of sp³-hybridized carbons (Fsp3) is 0. The summed E-state index contributed by atoms with van der Waals surface area (Å²) in [6.45, 7) is 0. The standard InChI is InChI=1S/C75H45N3S2/c1-4-17-46(18-5-1)47-31-33-48(34-32-47)53-39-55(41-56(40-53)75-77-73(49-19-6-2-7-20-49)76-74(78-75)50-21-8-3-9-22-50)65-44-54(45-68-63-26-13-15-30-70(63)80-72(65)68)51-35-37-61-66(42-51)59-24-11-10-23-58(59)60-38-36-52(43-67(60)61)57-27-16-28-64-62-25-12-14-29-69(62)79-71(57)64/h1-45H. The Kier molecular flexibility index (Phi) is 10.9. The lowest BCUT2D eigenvalue weighted by Crippen LogP contribution is -2.00. The lowest BCUT2D eigenvalue weighted by molar-refractivity contribution is 1.07. The summed E-state index contributed by atoms with van der Waals surface area (Å²) in [6.07, 6.45) is 0. The molecule has 5 heteroatoms. The van der Waals surface area contributed by atoms with E-state index in [1.807, 2.05) is 59.1 Å². The molecule has 16 rings (SSSR count). The molecule has 3 aromatic heterocycles. The van der Waals surface area contributed by atoms with E-state index in [-0.39, 0.29) is 0 Å². The number of hydrogen-bond donors (Lipinski definition) is 0. The minimum atomic E-state index is 0.614. The molecule has 0 fully saturated rings. The van der Waals surface area contributed by atoms with Crippen molar-refractivity contribution < 1.29 is 0 Å². The van der Waals surface area contributed by atoms with E-state index in [0.717, 1.165) is 50.1 Å². The van der Waals surface area contributed by atoms with Crippen LogP contribution in [0.4, 0.5) is 0 Å². The second-order valence-electron chi connectivity index (χ2n) is 20.6. The minimum absolute atomic E-state index is 0.614. The molecule has 80 heavy (non-hydrogen) atoms. The van der Waals surface area contributed by atoms with Crippen LogP contribution in [0.1, 0.15) is 0 Å². The van der Waals surface area contributed by atoms with Gasteiger partial charge in [-0.15, -0.1) is 22.7 Å². The highest BCUT2D eigenvalue weighted by Gasteiger charge is 2.20. The third kappa shape index (κ3) is 7.89. The van der Waals surface area contributed by atoms with Crippen LogP contribution in [0.25, 0.3) is 162 Å². The Bertz CT molecular complexity index is 5040. The van der Waals surface area contributed by atoms with Gasteiger partial charge in [0, 0.05) is 62.6 Å². The van der Waals surface area contributed by atoms with Gasteiger partial charge in [0.05, 0.1) is 0 Å². The zero-order valence-electron chi connectivity index (χ0n) is 43.1. The summed E-state index contributed by atoms with van der Waals surface area (Å²) in [5.41, 5.74) is 14.4. The third-order valence-electron chi connectivity index (χ3n) is 15.9. The van der Waals surface area contributed by atoms with Crippen LogP contribution in [0.15, 0.2) is 273 Å². The number of fused-ring (bicyclic) bond motifs is 12. The number of nitrogens with zero attached hydrogens (tertiary/aromatic N) is 3. The Morgan fingerprint density at radius 1 is 0.188 bits per heavy atom. The average molecular weight is 1050 g/mol. The highest BCUT2D eigenvalue weighted by molar-refractivity contribution is 7.26. The minimum Gasteiger partial charge on any atom is -0.208 e. The molecule has 0 atom stereocenters. The molecule has 16 aromatic rings. The van der Waals surface area contributed by atoms with Crippen molar-refractivity contribution in [2.24, 2.45) is 0 Å². The molecule has 3 heterocycles. The quantitative estimate of drug-likeness (QED) is 0.142. The predicted molar refractivity (Wildman–Crippen MR) is 342 cm³/mol. The van der Waals surface area contributed by atoms with Crippen LogP contribution in [0, 0.1) is 0 Å². The van der Waals surface area contributed by atoms with Gasteiger partial charge in [0.2, 0.25) is 0 Å². The van der Waals surface area contributed by atoms with Crippen LogP contribution in [0.5, 0.6) is 0 Å². The first-order valence-corrected chi connectivity index (χ1v) is 28.7. The molecule has 13 aromatic carbocycles. The molecule has 0 aliphatic carbocycles. The lowest BCUT2D eigenvalue weighted by Gasteiger charge is -2.16. The Morgan fingerprint density at radius 3 is 1.21 bits per heavy atom. The first kappa shape index (κ1) is 46.2. The molecule has 0 aliphatic heterocycles. The Morgan fingerprint density at radius 2 is 0.575 bits per heavy atom. The summed E-state index contributed by atoms with van der Waals surface area (Å²) in [6, 6.07) is 99.3. The number of hydrogen-bond acceptors (Lipinski definition) is 5. The molecule has 3 nitrogen and oxygen atoms in total. The van der Waals surface area contributed by atoms with E-state index in [4.69, 9.17) is 15.0 Å². The molecule has 0 unspecified atom stereocenters. The topological polar surface area (TPSA) is 38.7 Å². The number of thiophene rings is 2. The molecule has 0 saturated heterocycles. The van der Waals surface area contributed by atoms with Gasteiger partial charge in [0.25, 0.3) is 0 Å². The zero-order valence-corrected chi connectivity index (χ0v) is 44.8. The molecular formula is C75H45N3S2. The molecule has 0 bridgehead atoms. The molecule has 0 saturated carbocycles. The predicted octanol–water partition coefficient (Wildman–Crippen LogP) is 21.4. The Balaban J connectivity index is 0.910. The fourth-order valence-corrected chi connectivity index (χ4v) is 14.4. The second kappa shape index (κ2) is 18.9. The van der Waals surface area contributed by atoms with Gasteiger partial charge in [0.1, 0.15) is 0 Å². The van der Waals surface area contributed by atoms with Gasteiger partial charge in [-0.2, -0.15) is 0 Å². The van der Waals surface area contributed by atoms with Crippen molar-refractivity contribution in [2.45, 2.75) is 0 Å². The highest BCUT2D eigenvalue weighted by Crippen LogP contribution is 2.47. The van der Waals surface area contributed by atoms with Gasteiger partial charge < -0.3 is 0 Å². The van der Waals surface area contributed by atoms with E-state index in [1.54, 1.807) is 0 Å². The summed E-state index contributed by atoms with van der Waals surface area (Å²) in [4.78, 5) is 15.7. The van der Waals surface area contributed by atoms with Crippen molar-refractivity contribution in [2.75, 3.05) is 0 Å². The molecule has 0 radical (unpaired) electrons. The first-order chi connectivity index (χ1) is 39.6. The third-order valence-corrected chi connectivity index (χ3v) is 18.3. The average Bonchev–Trinajstić information content (AvgIpc) is 4.28. The number of aromatic nitrogens is 3. The maximum absolute atomic E-state index is 5.29. The maximum atomic E-state index is 5.29. The van der Waals surface area contributed by atoms with E-state index in [0.29, 0.717) is 17.5 Å².